The molecule has 3 nitrogen and oxygen atoms in total. The molecule has 2 aromatic rings. The maximum absolute atomic E-state index is 6.06. The Morgan fingerprint density at radius 3 is 3.07 bits per heavy atom. The van der Waals surface area contributed by atoms with Crippen molar-refractivity contribution in [2.75, 3.05) is 0 Å². The van der Waals surface area contributed by atoms with Gasteiger partial charge in [0.15, 0.2) is 5.58 Å². The summed E-state index contributed by atoms with van der Waals surface area (Å²) in [5.41, 5.74) is 8.37. The minimum Gasteiger partial charge on any atom is -0.356 e. The molecular weight excluding hydrogens is 188 g/mol. The molecule has 0 bridgehead atoms. The van der Waals surface area contributed by atoms with Crippen molar-refractivity contribution in [1.29, 1.82) is 0 Å². The highest BCUT2D eigenvalue weighted by Gasteiger charge is 2.37. The highest BCUT2D eigenvalue weighted by Crippen LogP contribution is 2.36. The van der Waals surface area contributed by atoms with Crippen molar-refractivity contribution in [2.24, 2.45) is 5.73 Å². The van der Waals surface area contributed by atoms with Gasteiger partial charge in [-0.3, -0.25) is 0 Å². The predicted molar refractivity (Wildman–Crippen MR) is 58.5 cm³/mol. The molecule has 1 aliphatic carbocycles. The van der Waals surface area contributed by atoms with E-state index in [2.05, 4.69) is 17.3 Å². The van der Waals surface area contributed by atoms with Gasteiger partial charge < -0.3 is 10.3 Å². The normalized spacial score (nSPS) is 18.2. The van der Waals surface area contributed by atoms with Crippen molar-refractivity contribution in [2.45, 2.75) is 31.2 Å². The first-order chi connectivity index (χ1) is 7.25. The van der Waals surface area contributed by atoms with E-state index >= 15 is 0 Å². The van der Waals surface area contributed by atoms with E-state index in [1.54, 1.807) is 6.20 Å². The van der Waals surface area contributed by atoms with Gasteiger partial charge in [-0.15, -0.1) is 0 Å². The Hall–Kier alpha value is -1.35. The summed E-state index contributed by atoms with van der Waals surface area (Å²) in [7, 11) is 0. The Balaban J connectivity index is 1.78. The van der Waals surface area contributed by atoms with Gasteiger partial charge in [-0.05, 0) is 43.4 Å². The molecule has 0 aliphatic heterocycles. The van der Waals surface area contributed by atoms with E-state index in [4.69, 9.17) is 10.3 Å². The van der Waals surface area contributed by atoms with Crippen molar-refractivity contribution in [3.8, 4) is 0 Å². The SMILES string of the molecule is NC1(CCc2ccc3oncc3c2)CC1. The molecule has 3 rings (SSSR count). The molecule has 1 aromatic carbocycles. The van der Waals surface area contributed by atoms with Crippen LogP contribution >= 0.6 is 0 Å². The maximum atomic E-state index is 6.06. The van der Waals surface area contributed by atoms with Crippen LogP contribution in [0.25, 0.3) is 11.0 Å². The van der Waals surface area contributed by atoms with Crippen LogP contribution in [0.1, 0.15) is 24.8 Å². The van der Waals surface area contributed by atoms with Gasteiger partial charge in [0, 0.05) is 10.9 Å². The van der Waals surface area contributed by atoms with Crippen LogP contribution < -0.4 is 5.73 Å². The van der Waals surface area contributed by atoms with E-state index in [1.165, 1.54) is 18.4 Å². The first-order valence-corrected chi connectivity index (χ1v) is 5.37. The van der Waals surface area contributed by atoms with E-state index in [-0.39, 0.29) is 5.54 Å². The molecule has 1 fully saturated rings. The smallest absolute Gasteiger partial charge is 0.166 e. The van der Waals surface area contributed by atoms with Crippen molar-refractivity contribution >= 4 is 11.0 Å². The molecule has 1 heterocycles. The highest BCUT2D eigenvalue weighted by atomic mass is 16.5. The monoisotopic (exact) mass is 202 g/mol. The summed E-state index contributed by atoms with van der Waals surface area (Å²) in [4.78, 5) is 0. The van der Waals surface area contributed by atoms with Gasteiger partial charge >= 0.3 is 0 Å². The largest absolute Gasteiger partial charge is 0.356 e. The fourth-order valence-corrected chi connectivity index (χ4v) is 1.88. The average molecular weight is 202 g/mol. The molecule has 1 saturated carbocycles. The molecule has 1 aromatic heterocycles. The molecule has 0 saturated heterocycles. The van der Waals surface area contributed by atoms with Crippen LogP contribution in [0.3, 0.4) is 0 Å². The molecule has 2 N–H and O–H groups in total. The maximum Gasteiger partial charge on any atom is 0.166 e. The molecule has 1 aliphatic rings. The van der Waals surface area contributed by atoms with Crippen LogP contribution in [0, 0.1) is 0 Å². The van der Waals surface area contributed by atoms with Crippen molar-refractivity contribution in [3.63, 3.8) is 0 Å². The third-order valence-electron chi connectivity index (χ3n) is 3.22. The second-order valence-electron chi connectivity index (χ2n) is 4.56. The second kappa shape index (κ2) is 3.07. The van der Waals surface area contributed by atoms with Gasteiger partial charge in [-0.25, -0.2) is 0 Å². The second-order valence-corrected chi connectivity index (χ2v) is 4.56. The zero-order valence-corrected chi connectivity index (χ0v) is 8.57. The molecule has 78 valence electrons. The average Bonchev–Trinajstić information content (AvgIpc) is 2.80. The van der Waals surface area contributed by atoms with Crippen LogP contribution in [0.15, 0.2) is 28.9 Å². The number of fused-ring (bicyclic) bond motifs is 1. The molecule has 15 heavy (non-hydrogen) atoms. The number of nitrogens with zero attached hydrogens (tertiary/aromatic N) is 1. The topological polar surface area (TPSA) is 52.0 Å². The zero-order valence-electron chi connectivity index (χ0n) is 8.57. The third-order valence-corrected chi connectivity index (χ3v) is 3.22. The Morgan fingerprint density at radius 2 is 2.27 bits per heavy atom. The first-order valence-electron chi connectivity index (χ1n) is 5.37. The van der Waals surface area contributed by atoms with Crippen molar-refractivity contribution < 1.29 is 4.52 Å². The number of rotatable bonds is 3. The lowest BCUT2D eigenvalue weighted by Gasteiger charge is -2.07. The fourth-order valence-electron chi connectivity index (χ4n) is 1.88. The quantitative estimate of drug-likeness (QED) is 0.830. The fraction of sp³-hybridized carbons (Fsp3) is 0.417. The number of hydrogen-bond acceptors (Lipinski definition) is 3. The Morgan fingerprint density at radius 1 is 1.40 bits per heavy atom. The molecule has 0 amide bonds. The zero-order chi connectivity index (χ0) is 10.3. The molecule has 0 radical (unpaired) electrons. The summed E-state index contributed by atoms with van der Waals surface area (Å²) in [6, 6.07) is 6.21. The van der Waals surface area contributed by atoms with Crippen LogP contribution in [0.4, 0.5) is 0 Å². The number of benzene rings is 1. The molecular formula is C12H14N2O. The van der Waals surface area contributed by atoms with Gasteiger partial charge in [-0.2, -0.15) is 0 Å². The van der Waals surface area contributed by atoms with E-state index < -0.39 is 0 Å². The van der Waals surface area contributed by atoms with E-state index in [1.807, 2.05) is 6.07 Å². The minimum absolute atomic E-state index is 0.142. The summed E-state index contributed by atoms with van der Waals surface area (Å²) in [5, 5.41) is 4.84. The Bertz CT molecular complexity index is 485. The lowest BCUT2D eigenvalue weighted by molar-refractivity contribution is 0.456. The summed E-state index contributed by atoms with van der Waals surface area (Å²) in [6.45, 7) is 0. The number of aromatic nitrogens is 1. The van der Waals surface area contributed by atoms with Crippen LogP contribution in [-0.2, 0) is 6.42 Å². The number of aryl methyl sites for hydroxylation is 1. The van der Waals surface area contributed by atoms with Crippen molar-refractivity contribution in [1.82, 2.24) is 5.16 Å². The number of nitrogens with two attached hydrogens (primary N) is 1. The lowest BCUT2D eigenvalue weighted by atomic mass is 10.0. The van der Waals surface area contributed by atoms with Gasteiger partial charge in [0.25, 0.3) is 0 Å². The molecule has 0 spiro atoms. The van der Waals surface area contributed by atoms with Crippen molar-refractivity contribution in [3.05, 3.63) is 30.0 Å². The summed E-state index contributed by atoms with van der Waals surface area (Å²) in [5.74, 6) is 0. The van der Waals surface area contributed by atoms with Gasteiger partial charge in [0.05, 0.1) is 6.20 Å². The Kier molecular flexibility index (Phi) is 1.83. The van der Waals surface area contributed by atoms with Crippen LogP contribution in [-0.4, -0.2) is 10.7 Å². The number of hydrogen-bond donors (Lipinski definition) is 1. The highest BCUT2D eigenvalue weighted by molar-refractivity contribution is 5.76. The van der Waals surface area contributed by atoms with E-state index in [0.29, 0.717) is 0 Å². The predicted octanol–water partition coefficient (Wildman–Crippen LogP) is 2.25. The molecule has 0 atom stereocenters. The van der Waals surface area contributed by atoms with Gasteiger partial charge in [0.2, 0.25) is 0 Å². The van der Waals surface area contributed by atoms with E-state index in [0.717, 1.165) is 23.8 Å². The third kappa shape index (κ3) is 1.75. The Labute approximate surface area is 88.2 Å². The summed E-state index contributed by atoms with van der Waals surface area (Å²) >= 11 is 0. The van der Waals surface area contributed by atoms with E-state index in [9.17, 15) is 0 Å². The molecule has 0 unspecified atom stereocenters. The summed E-state index contributed by atoms with van der Waals surface area (Å²) in [6.07, 6.45) is 6.26. The van der Waals surface area contributed by atoms with Gasteiger partial charge in [0.1, 0.15) is 0 Å². The first kappa shape index (κ1) is 8.92. The van der Waals surface area contributed by atoms with Gasteiger partial charge in [-0.1, -0.05) is 11.2 Å². The summed E-state index contributed by atoms with van der Waals surface area (Å²) < 4.78 is 5.06. The van der Waals surface area contributed by atoms with Crippen LogP contribution in [0.2, 0.25) is 0 Å². The van der Waals surface area contributed by atoms with Crippen LogP contribution in [0.5, 0.6) is 0 Å². The standard InChI is InChI=1S/C12H14N2O/c13-12(5-6-12)4-3-9-1-2-11-10(7-9)8-14-15-11/h1-2,7-8H,3-6,13H2. The molecule has 3 heteroatoms. The minimum atomic E-state index is 0.142. The lowest BCUT2D eigenvalue weighted by Crippen LogP contribution is -2.21.